The van der Waals surface area contributed by atoms with Gasteiger partial charge in [0, 0.05) is 13.7 Å². The Bertz CT molecular complexity index is 391. The molecule has 1 aliphatic rings. The minimum atomic E-state index is -0.0788. The van der Waals surface area contributed by atoms with E-state index in [1.54, 1.807) is 7.11 Å². The molecule has 7 heteroatoms. The van der Waals surface area contributed by atoms with Crippen LogP contribution in [0.3, 0.4) is 0 Å². The Hall–Kier alpha value is -1.11. The molecule has 2 rings (SSSR count). The van der Waals surface area contributed by atoms with Crippen molar-refractivity contribution in [3.63, 3.8) is 0 Å². The van der Waals surface area contributed by atoms with E-state index in [1.165, 1.54) is 12.6 Å². The Labute approximate surface area is 105 Å². The van der Waals surface area contributed by atoms with Crippen molar-refractivity contribution in [1.82, 2.24) is 9.97 Å². The molecule has 1 aromatic rings. The molecule has 0 amide bonds. The van der Waals surface area contributed by atoms with Crippen LogP contribution in [0.15, 0.2) is 6.20 Å². The number of nitrogens with one attached hydrogen (secondary N) is 2. The number of anilines is 2. The first-order chi connectivity index (χ1) is 8.19. The van der Waals surface area contributed by atoms with E-state index in [1.807, 2.05) is 0 Å². The third kappa shape index (κ3) is 2.59. The fraction of sp³-hybridized carbons (Fsp3) is 0.600. The summed E-state index contributed by atoms with van der Waals surface area (Å²) < 4.78 is 5.50. The summed E-state index contributed by atoms with van der Waals surface area (Å²) in [6, 6.07) is 0. The highest BCUT2D eigenvalue weighted by Gasteiger charge is 2.36. The van der Waals surface area contributed by atoms with Gasteiger partial charge in [0.25, 0.3) is 0 Å². The molecule has 0 aliphatic heterocycles. The third-order valence-electron chi connectivity index (χ3n) is 3.15. The van der Waals surface area contributed by atoms with E-state index in [2.05, 4.69) is 20.7 Å². The molecule has 17 heavy (non-hydrogen) atoms. The highest BCUT2D eigenvalue weighted by Crippen LogP contribution is 2.35. The average Bonchev–Trinajstić information content (AvgIpc) is 2.30. The van der Waals surface area contributed by atoms with Crippen LogP contribution in [0.25, 0.3) is 0 Å². The van der Waals surface area contributed by atoms with Gasteiger partial charge in [0.15, 0.2) is 5.82 Å². The zero-order valence-corrected chi connectivity index (χ0v) is 10.4. The van der Waals surface area contributed by atoms with E-state index in [-0.39, 0.29) is 5.60 Å². The molecule has 0 spiro atoms. The predicted octanol–water partition coefficient (Wildman–Crippen LogP) is 1.40. The molecule has 6 nitrogen and oxygen atoms in total. The van der Waals surface area contributed by atoms with Crippen LogP contribution in [0.2, 0.25) is 5.02 Å². The minimum absolute atomic E-state index is 0.0788. The Balaban J connectivity index is 2.02. The lowest BCUT2D eigenvalue weighted by molar-refractivity contribution is -0.0601. The van der Waals surface area contributed by atoms with Gasteiger partial charge in [0.05, 0.1) is 11.8 Å². The number of rotatable bonds is 5. The number of halogens is 1. The molecule has 94 valence electrons. The molecule has 0 saturated heterocycles. The first-order valence-corrected chi connectivity index (χ1v) is 5.85. The quantitative estimate of drug-likeness (QED) is 0.546. The molecule has 0 radical (unpaired) electrons. The summed E-state index contributed by atoms with van der Waals surface area (Å²) in [6.45, 7) is 0.685. The molecule has 1 aliphatic carbocycles. The van der Waals surface area contributed by atoms with Gasteiger partial charge in [0.1, 0.15) is 5.02 Å². The summed E-state index contributed by atoms with van der Waals surface area (Å²) in [5.74, 6) is 6.14. The van der Waals surface area contributed by atoms with Crippen LogP contribution in [0.4, 0.5) is 11.8 Å². The molecule has 1 fully saturated rings. The maximum Gasteiger partial charge on any atom is 0.239 e. The second-order valence-corrected chi connectivity index (χ2v) is 4.54. The fourth-order valence-electron chi connectivity index (χ4n) is 1.83. The number of nitrogen functional groups attached to an aromatic ring is 1. The van der Waals surface area contributed by atoms with Gasteiger partial charge in [-0.1, -0.05) is 11.6 Å². The smallest absolute Gasteiger partial charge is 0.239 e. The van der Waals surface area contributed by atoms with Gasteiger partial charge >= 0.3 is 0 Å². The molecular weight excluding hydrogens is 242 g/mol. The highest BCUT2D eigenvalue weighted by atomic mass is 35.5. The monoisotopic (exact) mass is 257 g/mol. The average molecular weight is 258 g/mol. The number of methoxy groups -OCH3 is 1. The number of ether oxygens (including phenoxy) is 1. The van der Waals surface area contributed by atoms with Crippen LogP contribution in [0.1, 0.15) is 19.3 Å². The predicted molar refractivity (Wildman–Crippen MR) is 66.9 cm³/mol. The van der Waals surface area contributed by atoms with Crippen LogP contribution >= 0.6 is 11.6 Å². The Morgan fingerprint density at radius 1 is 1.59 bits per heavy atom. The number of hydrogen-bond acceptors (Lipinski definition) is 6. The van der Waals surface area contributed by atoms with Crippen molar-refractivity contribution in [3.05, 3.63) is 11.2 Å². The fourth-order valence-corrected chi connectivity index (χ4v) is 1.99. The molecule has 0 bridgehead atoms. The van der Waals surface area contributed by atoms with E-state index in [4.69, 9.17) is 22.2 Å². The van der Waals surface area contributed by atoms with Crippen LogP contribution in [-0.2, 0) is 4.74 Å². The molecule has 0 unspecified atom stereocenters. The standard InChI is InChI=1S/C10H16ClN5O/c1-17-10(3-2-4-10)6-14-8-7(11)5-13-9(15-8)16-12/h5H,2-4,6,12H2,1H3,(H2,13,14,15,16). The van der Waals surface area contributed by atoms with E-state index in [0.717, 1.165) is 12.8 Å². The van der Waals surface area contributed by atoms with Gasteiger partial charge in [-0.3, -0.25) is 5.43 Å². The first kappa shape index (κ1) is 12.3. The number of hydrazine groups is 1. The normalized spacial score (nSPS) is 17.4. The maximum absolute atomic E-state index is 5.99. The molecule has 1 aromatic heterocycles. The zero-order valence-electron chi connectivity index (χ0n) is 9.66. The molecule has 0 aromatic carbocycles. The summed E-state index contributed by atoms with van der Waals surface area (Å²) >= 11 is 5.99. The number of hydrogen-bond donors (Lipinski definition) is 3. The van der Waals surface area contributed by atoms with Crippen LogP contribution in [0.5, 0.6) is 0 Å². The summed E-state index contributed by atoms with van der Waals surface area (Å²) in [7, 11) is 1.73. The summed E-state index contributed by atoms with van der Waals surface area (Å²) in [5.41, 5.74) is 2.30. The maximum atomic E-state index is 5.99. The first-order valence-electron chi connectivity index (χ1n) is 5.47. The largest absolute Gasteiger partial charge is 0.376 e. The summed E-state index contributed by atoms with van der Waals surface area (Å²) in [6.07, 6.45) is 4.82. The summed E-state index contributed by atoms with van der Waals surface area (Å²) in [5, 5.41) is 3.64. The Morgan fingerprint density at radius 3 is 2.88 bits per heavy atom. The molecule has 4 N–H and O–H groups in total. The van der Waals surface area contributed by atoms with Crippen LogP contribution in [0, 0.1) is 0 Å². The van der Waals surface area contributed by atoms with Gasteiger partial charge < -0.3 is 10.1 Å². The SMILES string of the molecule is COC1(CNc2nc(NN)ncc2Cl)CCC1. The van der Waals surface area contributed by atoms with E-state index >= 15 is 0 Å². The lowest BCUT2D eigenvalue weighted by atomic mass is 9.80. The lowest BCUT2D eigenvalue weighted by Gasteiger charge is -2.40. The van der Waals surface area contributed by atoms with Crippen molar-refractivity contribution in [2.24, 2.45) is 5.84 Å². The zero-order chi connectivity index (χ0) is 12.3. The topological polar surface area (TPSA) is 85.1 Å². The minimum Gasteiger partial charge on any atom is -0.376 e. The van der Waals surface area contributed by atoms with Gasteiger partial charge in [-0.2, -0.15) is 4.98 Å². The Kier molecular flexibility index (Phi) is 3.66. The van der Waals surface area contributed by atoms with Crippen molar-refractivity contribution >= 4 is 23.4 Å². The van der Waals surface area contributed by atoms with Gasteiger partial charge in [0.2, 0.25) is 5.95 Å². The van der Waals surface area contributed by atoms with Crippen molar-refractivity contribution in [1.29, 1.82) is 0 Å². The second-order valence-electron chi connectivity index (χ2n) is 4.13. The molecule has 0 atom stereocenters. The van der Waals surface area contributed by atoms with E-state index in [9.17, 15) is 0 Å². The Morgan fingerprint density at radius 2 is 2.35 bits per heavy atom. The van der Waals surface area contributed by atoms with Crippen molar-refractivity contribution in [3.8, 4) is 0 Å². The van der Waals surface area contributed by atoms with Crippen molar-refractivity contribution in [2.45, 2.75) is 24.9 Å². The molecular formula is C10H16ClN5O. The van der Waals surface area contributed by atoms with Crippen LogP contribution < -0.4 is 16.6 Å². The highest BCUT2D eigenvalue weighted by molar-refractivity contribution is 6.32. The second kappa shape index (κ2) is 5.03. The van der Waals surface area contributed by atoms with E-state index < -0.39 is 0 Å². The number of aromatic nitrogens is 2. The van der Waals surface area contributed by atoms with Crippen LogP contribution in [-0.4, -0.2) is 29.2 Å². The molecule has 1 heterocycles. The van der Waals surface area contributed by atoms with Crippen molar-refractivity contribution in [2.75, 3.05) is 24.4 Å². The number of nitrogens with two attached hydrogens (primary N) is 1. The summed E-state index contributed by atoms with van der Waals surface area (Å²) in [4.78, 5) is 8.05. The van der Waals surface area contributed by atoms with Gasteiger partial charge in [-0.15, -0.1) is 0 Å². The number of nitrogens with zero attached hydrogens (tertiary/aromatic N) is 2. The lowest BCUT2D eigenvalue weighted by Crippen LogP contribution is -2.45. The molecule has 1 saturated carbocycles. The van der Waals surface area contributed by atoms with Gasteiger partial charge in [-0.05, 0) is 19.3 Å². The van der Waals surface area contributed by atoms with E-state index in [0.29, 0.717) is 23.3 Å². The third-order valence-corrected chi connectivity index (χ3v) is 3.43. The van der Waals surface area contributed by atoms with Crippen molar-refractivity contribution < 1.29 is 4.74 Å². The van der Waals surface area contributed by atoms with Gasteiger partial charge in [-0.25, -0.2) is 10.8 Å².